The van der Waals surface area contributed by atoms with Crippen LogP contribution in [0.1, 0.15) is 52.9 Å². The number of amidine groups is 1. The van der Waals surface area contributed by atoms with Gasteiger partial charge in [-0.15, -0.1) is 0 Å². The van der Waals surface area contributed by atoms with Gasteiger partial charge in [-0.05, 0) is 32.6 Å². The Balaban J connectivity index is 2.59. The Labute approximate surface area is 109 Å². The molecule has 0 radical (unpaired) electrons. The fourth-order valence-corrected chi connectivity index (χ4v) is 2.40. The summed E-state index contributed by atoms with van der Waals surface area (Å²) in [6, 6.07) is 0.224. The van der Waals surface area contributed by atoms with Crippen molar-refractivity contribution in [2.24, 2.45) is 22.2 Å². The summed E-state index contributed by atoms with van der Waals surface area (Å²) in [4.78, 5) is 12.1. The van der Waals surface area contributed by atoms with Gasteiger partial charge in [0.05, 0.1) is 0 Å². The summed E-state index contributed by atoms with van der Waals surface area (Å²) < 4.78 is 0. The molecule has 2 unspecified atom stereocenters. The lowest BCUT2D eigenvalue weighted by atomic mass is 9.83. The summed E-state index contributed by atoms with van der Waals surface area (Å²) in [6.07, 6.45) is 5.64. The summed E-state index contributed by atoms with van der Waals surface area (Å²) in [5.41, 5.74) is 4.59. The van der Waals surface area contributed by atoms with Crippen molar-refractivity contribution in [3.8, 4) is 0 Å². The van der Waals surface area contributed by atoms with Crippen LogP contribution in [0, 0.1) is 11.3 Å². The molecule has 0 spiro atoms. The molecule has 0 aromatic carbocycles. The Bertz CT molecular complexity index is 326. The van der Waals surface area contributed by atoms with Crippen molar-refractivity contribution in [2.45, 2.75) is 58.9 Å². The topological polar surface area (TPSA) is 87.7 Å². The average molecular weight is 255 g/mol. The highest BCUT2D eigenvalue weighted by atomic mass is 16.4. The van der Waals surface area contributed by atoms with Gasteiger partial charge in [-0.25, -0.2) is 0 Å². The van der Waals surface area contributed by atoms with Crippen LogP contribution in [-0.4, -0.2) is 23.0 Å². The van der Waals surface area contributed by atoms with Crippen LogP contribution in [0.25, 0.3) is 0 Å². The van der Waals surface area contributed by atoms with Crippen molar-refractivity contribution in [1.29, 1.82) is 0 Å². The predicted octanol–water partition coefficient (Wildman–Crippen LogP) is 1.84. The first-order valence-electron chi connectivity index (χ1n) is 6.70. The van der Waals surface area contributed by atoms with Crippen LogP contribution in [0.2, 0.25) is 0 Å². The SMILES string of the molecule is CCC1CCCC(NC(=O)C(C)(C)C(N)=NO)C1. The Kier molecular flexibility index (Phi) is 4.99. The first kappa shape index (κ1) is 14.8. The number of nitrogens with zero attached hydrogens (tertiary/aromatic N) is 1. The minimum atomic E-state index is -0.964. The van der Waals surface area contributed by atoms with E-state index in [9.17, 15) is 4.79 Å². The van der Waals surface area contributed by atoms with Gasteiger partial charge < -0.3 is 16.3 Å². The smallest absolute Gasteiger partial charge is 0.233 e. The van der Waals surface area contributed by atoms with E-state index >= 15 is 0 Å². The highest BCUT2D eigenvalue weighted by Gasteiger charge is 2.34. The first-order chi connectivity index (χ1) is 8.41. The highest BCUT2D eigenvalue weighted by Crippen LogP contribution is 2.27. The largest absolute Gasteiger partial charge is 0.409 e. The number of carbonyl (C=O) groups is 1. The molecule has 1 rings (SSSR count). The molecule has 1 saturated carbocycles. The average Bonchev–Trinajstić information content (AvgIpc) is 2.37. The maximum Gasteiger partial charge on any atom is 0.233 e. The first-order valence-corrected chi connectivity index (χ1v) is 6.70. The lowest BCUT2D eigenvalue weighted by Gasteiger charge is -2.32. The molecule has 5 nitrogen and oxygen atoms in total. The monoisotopic (exact) mass is 255 g/mol. The molecule has 18 heavy (non-hydrogen) atoms. The molecule has 0 aromatic rings. The molecule has 1 fully saturated rings. The van der Waals surface area contributed by atoms with Gasteiger partial charge in [0, 0.05) is 6.04 Å². The van der Waals surface area contributed by atoms with Crippen molar-refractivity contribution in [1.82, 2.24) is 5.32 Å². The van der Waals surface area contributed by atoms with E-state index in [0.717, 1.165) is 25.7 Å². The van der Waals surface area contributed by atoms with Crippen molar-refractivity contribution < 1.29 is 10.0 Å². The molecule has 0 aromatic heterocycles. The van der Waals surface area contributed by atoms with E-state index in [0.29, 0.717) is 5.92 Å². The summed E-state index contributed by atoms with van der Waals surface area (Å²) in [7, 11) is 0. The third kappa shape index (κ3) is 3.37. The zero-order valence-corrected chi connectivity index (χ0v) is 11.6. The van der Waals surface area contributed by atoms with E-state index in [4.69, 9.17) is 10.9 Å². The number of rotatable bonds is 4. The zero-order valence-electron chi connectivity index (χ0n) is 11.6. The molecule has 1 aliphatic rings. The summed E-state index contributed by atoms with van der Waals surface area (Å²) in [6.45, 7) is 5.52. The molecule has 2 atom stereocenters. The molecule has 0 aliphatic heterocycles. The molecule has 1 amide bonds. The molecule has 0 heterocycles. The van der Waals surface area contributed by atoms with Crippen LogP contribution in [-0.2, 0) is 4.79 Å². The van der Waals surface area contributed by atoms with Gasteiger partial charge in [-0.3, -0.25) is 4.79 Å². The van der Waals surface area contributed by atoms with Crippen LogP contribution in [0.3, 0.4) is 0 Å². The molecule has 0 bridgehead atoms. The van der Waals surface area contributed by atoms with Crippen LogP contribution < -0.4 is 11.1 Å². The van der Waals surface area contributed by atoms with E-state index in [1.165, 1.54) is 6.42 Å². The van der Waals surface area contributed by atoms with E-state index in [-0.39, 0.29) is 17.8 Å². The minimum absolute atomic E-state index is 0.0529. The number of carbonyl (C=O) groups excluding carboxylic acids is 1. The fraction of sp³-hybridized carbons (Fsp3) is 0.846. The highest BCUT2D eigenvalue weighted by molar-refractivity contribution is 6.05. The maximum absolute atomic E-state index is 12.1. The number of amides is 1. The predicted molar refractivity (Wildman–Crippen MR) is 71.4 cm³/mol. The van der Waals surface area contributed by atoms with Gasteiger partial charge in [-0.2, -0.15) is 0 Å². The summed E-state index contributed by atoms with van der Waals surface area (Å²) in [5, 5.41) is 14.7. The van der Waals surface area contributed by atoms with Crippen molar-refractivity contribution in [3.05, 3.63) is 0 Å². The normalized spacial score (nSPS) is 25.8. The Morgan fingerprint density at radius 1 is 1.50 bits per heavy atom. The third-order valence-electron chi connectivity index (χ3n) is 4.01. The second-order valence-electron chi connectivity index (χ2n) is 5.72. The second kappa shape index (κ2) is 6.07. The Hall–Kier alpha value is -1.26. The van der Waals surface area contributed by atoms with Crippen molar-refractivity contribution in [2.75, 3.05) is 0 Å². The van der Waals surface area contributed by atoms with Crippen LogP contribution >= 0.6 is 0 Å². The Morgan fingerprint density at radius 3 is 2.72 bits per heavy atom. The molecular weight excluding hydrogens is 230 g/mol. The van der Waals surface area contributed by atoms with E-state index in [1.807, 2.05) is 0 Å². The summed E-state index contributed by atoms with van der Waals surface area (Å²) >= 11 is 0. The fourth-order valence-electron chi connectivity index (χ4n) is 2.40. The lowest BCUT2D eigenvalue weighted by Crippen LogP contribution is -2.50. The van der Waals surface area contributed by atoms with Crippen LogP contribution in [0.15, 0.2) is 5.16 Å². The molecule has 0 saturated heterocycles. The van der Waals surface area contributed by atoms with Gasteiger partial charge in [-0.1, -0.05) is 31.3 Å². The minimum Gasteiger partial charge on any atom is -0.409 e. The number of nitrogens with one attached hydrogen (secondary N) is 1. The standard InChI is InChI=1S/C13H25N3O2/c1-4-9-6-5-7-10(8-9)15-12(17)13(2,3)11(14)16-18/h9-10,18H,4-8H2,1-3H3,(H2,14,16)(H,15,17). The summed E-state index contributed by atoms with van der Waals surface area (Å²) in [5.74, 6) is 0.485. The quantitative estimate of drug-likeness (QED) is 0.310. The van der Waals surface area contributed by atoms with Gasteiger partial charge in [0.1, 0.15) is 5.41 Å². The molecular formula is C13H25N3O2. The van der Waals surface area contributed by atoms with Gasteiger partial charge in [0.2, 0.25) is 5.91 Å². The molecule has 104 valence electrons. The van der Waals surface area contributed by atoms with E-state index in [1.54, 1.807) is 13.8 Å². The number of oxime groups is 1. The number of nitrogens with two attached hydrogens (primary N) is 1. The maximum atomic E-state index is 12.1. The lowest BCUT2D eigenvalue weighted by molar-refractivity contribution is -0.127. The zero-order chi connectivity index (χ0) is 13.8. The number of hydrogen-bond acceptors (Lipinski definition) is 3. The van der Waals surface area contributed by atoms with Crippen LogP contribution in [0.4, 0.5) is 0 Å². The molecule has 1 aliphatic carbocycles. The number of hydrogen-bond donors (Lipinski definition) is 3. The Morgan fingerprint density at radius 2 is 2.17 bits per heavy atom. The van der Waals surface area contributed by atoms with E-state index < -0.39 is 5.41 Å². The molecule has 5 heteroatoms. The third-order valence-corrected chi connectivity index (χ3v) is 4.01. The van der Waals surface area contributed by atoms with E-state index in [2.05, 4.69) is 17.4 Å². The van der Waals surface area contributed by atoms with Crippen molar-refractivity contribution >= 4 is 11.7 Å². The van der Waals surface area contributed by atoms with Crippen LogP contribution in [0.5, 0.6) is 0 Å². The van der Waals surface area contributed by atoms with Gasteiger partial charge in [0.15, 0.2) is 5.84 Å². The van der Waals surface area contributed by atoms with Crippen molar-refractivity contribution in [3.63, 3.8) is 0 Å². The van der Waals surface area contributed by atoms with Gasteiger partial charge in [0.25, 0.3) is 0 Å². The second-order valence-corrected chi connectivity index (χ2v) is 5.72. The van der Waals surface area contributed by atoms with Gasteiger partial charge >= 0.3 is 0 Å². The molecule has 4 N–H and O–H groups in total.